The number of amides is 1. The predicted molar refractivity (Wildman–Crippen MR) is 81.2 cm³/mol. The first-order chi connectivity index (χ1) is 10.8. The van der Waals surface area contributed by atoms with Crippen LogP contribution in [0.5, 0.6) is 0 Å². The van der Waals surface area contributed by atoms with Crippen LogP contribution in [0, 0.1) is 0 Å². The predicted octanol–water partition coefficient (Wildman–Crippen LogP) is 1.17. The van der Waals surface area contributed by atoms with E-state index >= 15 is 0 Å². The lowest BCUT2D eigenvalue weighted by molar-refractivity contribution is -0.115. The van der Waals surface area contributed by atoms with Crippen molar-refractivity contribution in [2.24, 2.45) is 0 Å². The highest BCUT2D eigenvalue weighted by Gasteiger charge is 2.22. The third-order valence-electron chi connectivity index (χ3n) is 3.40. The number of fused-ring (bicyclic) bond motifs is 1. The molecule has 0 spiro atoms. The van der Waals surface area contributed by atoms with Crippen LogP contribution in [0.15, 0.2) is 27.5 Å². The number of carbonyl (C=O) groups is 1. The summed E-state index contributed by atoms with van der Waals surface area (Å²) < 4.78 is 32.4. The number of benzene rings is 1. The molecule has 23 heavy (non-hydrogen) atoms. The number of anilines is 1. The van der Waals surface area contributed by atoms with Crippen molar-refractivity contribution in [1.29, 1.82) is 0 Å². The first kappa shape index (κ1) is 15.6. The lowest BCUT2D eigenvalue weighted by atomic mass is 10.2. The van der Waals surface area contributed by atoms with Gasteiger partial charge in [-0.3, -0.25) is 4.79 Å². The maximum Gasteiger partial charge on any atom is 0.241 e. The Balaban J connectivity index is 1.74. The van der Waals surface area contributed by atoms with Gasteiger partial charge >= 0.3 is 0 Å². The molecule has 8 nitrogen and oxygen atoms in total. The van der Waals surface area contributed by atoms with Crippen molar-refractivity contribution in [2.75, 3.05) is 5.32 Å². The van der Waals surface area contributed by atoms with Crippen LogP contribution < -0.4 is 10.0 Å². The third-order valence-corrected chi connectivity index (χ3v) is 4.80. The number of sulfonamides is 1. The molecule has 0 unspecified atom stereocenters. The monoisotopic (exact) mass is 336 g/mol. The van der Waals surface area contributed by atoms with E-state index in [9.17, 15) is 13.2 Å². The maximum atomic E-state index is 12.3. The van der Waals surface area contributed by atoms with Crippen molar-refractivity contribution in [2.45, 2.75) is 37.6 Å². The van der Waals surface area contributed by atoms with E-state index in [1.807, 2.05) is 13.8 Å². The SMILES string of the molecule is CC(C)c1nnc(CNS(=O)(=O)c2ccc3c(c2)CC(=O)N3)o1. The summed E-state index contributed by atoms with van der Waals surface area (Å²) in [4.78, 5) is 11.4. The Kier molecular flexibility index (Phi) is 3.90. The topological polar surface area (TPSA) is 114 Å². The lowest BCUT2D eigenvalue weighted by Crippen LogP contribution is -2.23. The van der Waals surface area contributed by atoms with E-state index in [1.54, 1.807) is 6.07 Å². The summed E-state index contributed by atoms with van der Waals surface area (Å²) in [7, 11) is -3.73. The van der Waals surface area contributed by atoms with Gasteiger partial charge in [-0.05, 0) is 23.8 Å². The Morgan fingerprint density at radius 2 is 2.13 bits per heavy atom. The average molecular weight is 336 g/mol. The lowest BCUT2D eigenvalue weighted by Gasteiger charge is -2.06. The third kappa shape index (κ3) is 3.25. The minimum absolute atomic E-state index is 0.0783. The second kappa shape index (κ2) is 5.74. The van der Waals surface area contributed by atoms with Gasteiger partial charge < -0.3 is 9.73 Å². The normalized spacial score (nSPS) is 14.1. The number of carbonyl (C=O) groups excluding carboxylic acids is 1. The molecule has 0 atom stereocenters. The first-order valence-electron chi connectivity index (χ1n) is 7.10. The van der Waals surface area contributed by atoms with Gasteiger partial charge in [0, 0.05) is 11.6 Å². The van der Waals surface area contributed by atoms with Crippen LogP contribution >= 0.6 is 0 Å². The number of hydrogen-bond donors (Lipinski definition) is 2. The van der Waals surface area contributed by atoms with Crippen LogP contribution in [0.1, 0.15) is 37.1 Å². The zero-order valence-corrected chi connectivity index (χ0v) is 13.5. The Bertz CT molecular complexity index is 857. The van der Waals surface area contributed by atoms with Crippen molar-refractivity contribution < 1.29 is 17.6 Å². The summed E-state index contributed by atoms with van der Waals surface area (Å²) in [5.41, 5.74) is 1.31. The van der Waals surface area contributed by atoms with Crippen molar-refractivity contribution in [3.05, 3.63) is 35.5 Å². The van der Waals surface area contributed by atoms with Crippen LogP contribution in [0.4, 0.5) is 5.69 Å². The van der Waals surface area contributed by atoms with Crippen LogP contribution in [0.2, 0.25) is 0 Å². The number of nitrogens with one attached hydrogen (secondary N) is 2. The second-order valence-corrected chi connectivity index (χ2v) is 7.32. The fourth-order valence-corrected chi connectivity index (χ4v) is 3.21. The molecule has 2 N–H and O–H groups in total. The minimum atomic E-state index is -3.73. The van der Waals surface area contributed by atoms with Gasteiger partial charge in [0.05, 0.1) is 17.9 Å². The number of nitrogens with zero attached hydrogens (tertiary/aromatic N) is 2. The molecule has 122 valence electrons. The summed E-state index contributed by atoms with van der Waals surface area (Å²) in [6, 6.07) is 4.52. The first-order valence-corrected chi connectivity index (χ1v) is 8.58. The van der Waals surface area contributed by atoms with E-state index in [1.165, 1.54) is 12.1 Å². The van der Waals surface area contributed by atoms with Gasteiger partial charge in [0.1, 0.15) is 0 Å². The molecule has 1 aromatic heterocycles. The van der Waals surface area contributed by atoms with E-state index in [0.717, 1.165) is 0 Å². The highest BCUT2D eigenvalue weighted by atomic mass is 32.2. The summed E-state index contributed by atoms with van der Waals surface area (Å²) in [5.74, 6) is 0.598. The Hall–Kier alpha value is -2.26. The average Bonchev–Trinajstić information content (AvgIpc) is 3.09. The molecule has 1 aliphatic rings. The van der Waals surface area contributed by atoms with Gasteiger partial charge in [-0.1, -0.05) is 13.8 Å². The van der Waals surface area contributed by atoms with Gasteiger partial charge in [-0.2, -0.15) is 0 Å². The Morgan fingerprint density at radius 1 is 1.35 bits per heavy atom. The van der Waals surface area contributed by atoms with E-state index in [-0.39, 0.29) is 35.6 Å². The number of hydrogen-bond acceptors (Lipinski definition) is 6. The fourth-order valence-electron chi connectivity index (χ4n) is 2.18. The molecule has 0 fully saturated rings. The smallest absolute Gasteiger partial charge is 0.241 e. The molecule has 0 bridgehead atoms. The Morgan fingerprint density at radius 3 is 2.83 bits per heavy atom. The summed E-state index contributed by atoms with van der Waals surface area (Å²) in [6.07, 6.45) is 0.181. The standard InChI is InChI=1S/C14H16N4O4S/c1-8(2)14-18-17-13(22-14)7-15-23(20,21)10-3-4-11-9(5-10)6-12(19)16-11/h3-5,8,15H,6-7H2,1-2H3,(H,16,19). The zero-order valence-electron chi connectivity index (χ0n) is 12.7. The van der Waals surface area contributed by atoms with Crippen LogP contribution in [-0.4, -0.2) is 24.5 Å². The molecule has 0 saturated heterocycles. The molecule has 9 heteroatoms. The van der Waals surface area contributed by atoms with E-state index in [4.69, 9.17) is 4.42 Å². The van der Waals surface area contributed by atoms with E-state index in [2.05, 4.69) is 20.2 Å². The molecular weight excluding hydrogens is 320 g/mol. The van der Waals surface area contributed by atoms with Crippen molar-refractivity contribution >= 4 is 21.6 Å². The van der Waals surface area contributed by atoms with Gasteiger partial charge in [-0.15, -0.1) is 10.2 Å². The summed E-state index contributed by atoms with van der Waals surface area (Å²) in [5, 5.41) is 10.3. The largest absolute Gasteiger partial charge is 0.424 e. The highest BCUT2D eigenvalue weighted by molar-refractivity contribution is 7.89. The van der Waals surface area contributed by atoms with E-state index < -0.39 is 10.0 Å². The Labute approximate surface area is 133 Å². The number of rotatable bonds is 5. The summed E-state index contributed by atoms with van der Waals surface area (Å²) in [6.45, 7) is 3.72. The van der Waals surface area contributed by atoms with E-state index in [0.29, 0.717) is 17.1 Å². The summed E-state index contributed by atoms with van der Waals surface area (Å²) >= 11 is 0. The molecule has 0 aliphatic carbocycles. The molecule has 0 saturated carbocycles. The van der Waals surface area contributed by atoms with Gasteiger partial charge in [0.2, 0.25) is 27.7 Å². The number of aromatic nitrogens is 2. The molecule has 1 aromatic carbocycles. The minimum Gasteiger partial charge on any atom is -0.424 e. The van der Waals surface area contributed by atoms with Gasteiger partial charge in [0.15, 0.2) is 0 Å². The molecule has 0 radical (unpaired) electrons. The van der Waals surface area contributed by atoms with Gasteiger partial charge in [-0.25, -0.2) is 13.1 Å². The highest BCUT2D eigenvalue weighted by Crippen LogP contribution is 2.25. The molecule has 2 heterocycles. The molecule has 1 amide bonds. The quantitative estimate of drug-likeness (QED) is 0.847. The van der Waals surface area contributed by atoms with Crippen molar-refractivity contribution in [3.63, 3.8) is 0 Å². The molecule has 1 aliphatic heterocycles. The van der Waals surface area contributed by atoms with Crippen molar-refractivity contribution in [3.8, 4) is 0 Å². The van der Waals surface area contributed by atoms with Crippen molar-refractivity contribution in [1.82, 2.24) is 14.9 Å². The van der Waals surface area contributed by atoms with Crippen LogP contribution in [-0.2, 0) is 27.8 Å². The maximum absolute atomic E-state index is 12.3. The molecule has 2 aromatic rings. The van der Waals surface area contributed by atoms with Crippen LogP contribution in [0.3, 0.4) is 0 Å². The molecular formula is C14H16N4O4S. The van der Waals surface area contributed by atoms with Crippen LogP contribution in [0.25, 0.3) is 0 Å². The second-order valence-electron chi connectivity index (χ2n) is 5.56. The van der Waals surface area contributed by atoms with Gasteiger partial charge in [0.25, 0.3) is 0 Å². The zero-order chi connectivity index (χ0) is 16.6. The molecule has 3 rings (SSSR count). The fraction of sp³-hybridized carbons (Fsp3) is 0.357.